The Kier molecular flexibility index (Phi) is 9.48. The van der Waals surface area contributed by atoms with E-state index >= 15 is 0 Å². The van der Waals surface area contributed by atoms with Crippen LogP contribution in [0.1, 0.15) is 57.1 Å². The highest BCUT2D eigenvalue weighted by Crippen LogP contribution is 2.45. The highest BCUT2D eigenvalue weighted by atomic mass is 32.1. The molecule has 50 heavy (non-hydrogen) atoms. The average Bonchev–Trinajstić information content (AvgIpc) is 3.64. The molecule has 0 unspecified atom stereocenters. The molecule has 3 aromatic rings. The van der Waals surface area contributed by atoms with Gasteiger partial charge in [0.05, 0.1) is 31.0 Å². The van der Waals surface area contributed by atoms with E-state index < -0.39 is 53.7 Å². The van der Waals surface area contributed by atoms with Crippen LogP contribution in [0.3, 0.4) is 0 Å². The quantitative estimate of drug-likeness (QED) is 0.320. The van der Waals surface area contributed by atoms with E-state index in [1.807, 2.05) is 43.6 Å². The Morgan fingerprint density at radius 1 is 1.18 bits per heavy atom. The maximum absolute atomic E-state index is 14.4. The first-order valence-electron chi connectivity index (χ1n) is 17.1. The summed E-state index contributed by atoms with van der Waals surface area (Å²) in [4.78, 5) is 64.7. The van der Waals surface area contributed by atoms with Gasteiger partial charge in [0.2, 0.25) is 17.7 Å². The van der Waals surface area contributed by atoms with Crippen LogP contribution in [-0.2, 0) is 30.9 Å². The van der Waals surface area contributed by atoms with Crippen molar-refractivity contribution in [2.75, 3.05) is 19.8 Å². The van der Waals surface area contributed by atoms with Crippen LogP contribution in [-0.4, -0.2) is 103 Å². The maximum atomic E-state index is 14.4. The van der Waals surface area contributed by atoms with Crippen molar-refractivity contribution in [1.29, 1.82) is 0 Å². The largest absolute Gasteiger partial charge is 0.479 e. The first kappa shape index (κ1) is 33.9. The molecule has 1 aliphatic carbocycles. The molecule has 3 N–H and O–H groups in total. The van der Waals surface area contributed by atoms with Crippen LogP contribution in [0.4, 0.5) is 4.79 Å². The van der Waals surface area contributed by atoms with E-state index in [0.717, 1.165) is 25.0 Å². The molecule has 4 aliphatic rings. The third kappa shape index (κ3) is 6.90. The second-order valence-electron chi connectivity index (χ2n) is 13.5. The van der Waals surface area contributed by atoms with Gasteiger partial charge in [-0.2, -0.15) is 10.1 Å². The number of nitrogens with zero attached hydrogens (tertiary/aromatic N) is 5. The fourth-order valence-corrected chi connectivity index (χ4v) is 7.85. The van der Waals surface area contributed by atoms with Crippen molar-refractivity contribution in [2.45, 2.75) is 88.1 Å². The van der Waals surface area contributed by atoms with Gasteiger partial charge in [-0.05, 0) is 50.1 Å². The first-order valence-corrected chi connectivity index (χ1v) is 18.0. The van der Waals surface area contributed by atoms with E-state index in [2.05, 4.69) is 15.7 Å². The number of alkyl carbamates (subject to hydrolysis) is 1. The molecule has 6 atom stereocenters. The van der Waals surface area contributed by atoms with Crippen LogP contribution in [0, 0.1) is 12.8 Å². The summed E-state index contributed by atoms with van der Waals surface area (Å²) in [5, 5.41) is 22.0. The lowest BCUT2D eigenvalue weighted by Crippen LogP contribution is -2.56. The third-order valence-corrected chi connectivity index (χ3v) is 10.7. The molecule has 3 aliphatic heterocycles. The van der Waals surface area contributed by atoms with Crippen molar-refractivity contribution in [1.82, 2.24) is 35.3 Å². The Hall–Kier alpha value is -4.57. The Labute approximate surface area is 292 Å². The molecule has 266 valence electrons. The number of aromatic nitrogens is 4. The number of thiophene rings is 1. The van der Waals surface area contributed by atoms with Gasteiger partial charge >= 0.3 is 12.1 Å². The fourth-order valence-electron chi connectivity index (χ4n) is 7.09. The maximum Gasteiger partial charge on any atom is 0.408 e. The van der Waals surface area contributed by atoms with Gasteiger partial charge in [-0.15, -0.1) is 11.3 Å². The Bertz CT molecular complexity index is 1820. The zero-order chi connectivity index (χ0) is 35.0. The van der Waals surface area contributed by atoms with Crippen molar-refractivity contribution in [3.8, 4) is 17.4 Å². The van der Waals surface area contributed by atoms with E-state index in [0.29, 0.717) is 60.1 Å². The molecule has 1 saturated carbocycles. The van der Waals surface area contributed by atoms with Crippen LogP contribution in [0.5, 0.6) is 5.88 Å². The van der Waals surface area contributed by atoms with E-state index in [4.69, 9.17) is 24.2 Å². The van der Waals surface area contributed by atoms with Crippen LogP contribution >= 0.6 is 11.3 Å². The number of hydrogen-bond acceptors (Lipinski definition) is 11. The topological polar surface area (TPSA) is 187 Å². The molecule has 2 saturated heterocycles. The van der Waals surface area contributed by atoms with Gasteiger partial charge < -0.3 is 34.9 Å². The van der Waals surface area contributed by atoms with E-state index in [1.54, 1.807) is 4.68 Å². The summed E-state index contributed by atoms with van der Waals surface area (Å²) in [5.74, 6) is -1.79. The number of aliphatic carboxylic acids is 1. The number of carbonyl (C=O) groups excluding carboxylic acids is 3. The molecule has 0 aromatic carbocycles. The lowest BCUT2D eigenvalue weighted by Gasteiger charge is -2.29. The van der Waals surface area contributed by atoms with Crippen molar-refractivity contribution in [3.05, 3.63) is 35.4 Å². The molecular formula is C34H41N7O8S. The number of ether oxygens (including phenoxy) is 3. The standard InChI is InChI=1S/C34H41N7O8S/c1-19-14-25(40(2)39-19)28-35-23-11-13-50-27(23)30(37-28)48-22-15-26-29(42)38-34(32(44)45)16-20(34)8-6-4-3-5-7-9-24(31(43)41(26)17-22)36-33(46)49-21-10-12-47-18-21/h6,8,11,13-14,20-22,24,26H,3-5,7,9-10,12,15-18H2,1-2H3,(H,36,46)(H,38,42)(H,44,45)/b8-6-/t20-,21-,22+,24-,26-,34+/m0/s1. The second kappa shape index (κ2) is 14.0. The number of carboxylic acids is 1. The highest BCUT2D eigenvalue weighted by molar-refractivity contribution is 7.17. The number of carboxylic acid groups (broad SMARTS) is 1. The summed E-state index contributed by atoms with van der Waals surface area (Å²) in [5.41, 5.74) is 0.742. The third-order valence-electron chi connectivity index (χ3n) is 9.86. The van der Waals surface area contributed by atoms with Gasteiger partial charge in [-0.1, -0.05) is 25.0 Å². The van der Waals surface area contributed by atoms with Crippen molar-refractivity contribution in [3.63, 3.8) is 0 Å². The molecule has 16 heteroatoms. The number of fused-ring (bicyclic) bond motifs is 3. The molecular weight excluding hydrogens is 666 g/mol. The Morgan fingerprint density at radius 2 is 2.04 bits per heavy atom. The van der Waals surface area contributed by atoms with Gasteiger partial charge in [0.15, 0.2) is 5.82 Å². The van der Waals surface area contributed by atoms with Gasteiger partial charge in [-0.3, -0.25) is 14.3 Å². The van der Waals surface area contributed by atoms with E-state index in [1.165, 1.54) is 16.2 Å². The fraction of sp³-hybridized carbons (Fsp3) is 0.559. The second-order valence-corrected chi connectivity index (χ2v) is 14.4. The van der Waals surface area contributed by atoms with Crippen molar-refractivity contribution >= 4 is 45.4 Å². The number of aryl methyl sites for hydroxylation is 2. The number of carbonyl (C=O) groups is 4. The minimum atomic E-state index is -1.45. The number of amides is 3. The average molecular weight is 708 g/mol. The number of hydrogen-bond donors (Lipinski definition) is 3. The molecule has 3 amide bonds. The molecule has 3 aromatic heterocycles. The summed E-state index contributed by atoms with van der Waals surface area (Å²) in [6.07, 6.45) is 6.31. The normalized spacial score (nSPS) is 29.3. The SMILES string of the molecule is Cc1cc(-c2nc(O[C@@H]3C[C@H]4C(=O)N[C@]5(C(=O)O)C[C@@H]5/C=C\CCCCC[C@H](NC(=O)O[C@H]5CCOC5)C(=O)N4C3)c3sccc3n2)n(C)n1. The summed E-state index contributed by atoms with van der Waals surface area (Å²) < 4.78 is 19.8. The van der Waals surface area contributed by atoms with Crippen LogP contribution < -0.4 is 15.4 Å². The molecule has 6 heterocycles. The molecule has 3 fully saturated rings. The number of allylic oxidation sites excluding steroid dienone is 1. The summed E-state index contributed by atoms with van der Waals surface area (Å²) in [6, 6.07) is 1.73. The highest BCUT2D eigenvalue weighted by Gasteiger charge is 2.61. The van der Waals surface area contributed by atoms with Gasteiger partial charge in [-0.25, -0.2) is 14.6 Å². The van der Waals surface area contributed by atoms with Gasteiger partial charge in [0.1, 0.15) is 40.2 Å². The number of rotatable bonds is 6. The predicted molar refractivity (Wildman–Crippen MR) is 180 cm³/mol. The monoisotopic (exact) mass is 707 g/mol. The van der Waals surface area contributed by atoms with E-state index in [-0.39, 0.29) is 25.3 Å². The summed E-state index contributed by atoms with van der Waals surface area (Å²) in [7, 11) is 1.81. The molecule has 0 radical (unpaired) electrons. The lowest BCUT2D eigenvalue weighted by atomic mass is 10.0. The summed E-state index contributed by atoms with van der Waals surface area (Å²) in [6.45, 7) is 2.68. The molecule has 0 spiro atoms. The zero-order valence-corrected chi connectivity index (χ0v) is 28.8. The van der Waals surface area contributed by atoms with Gasteiger partial charge in [0.25, 0.3) is 0 Å². The Morgan fingerprint density at radius 3 is 2.80 bits per heavy atom. The van der Waals surface area contributed by atoms with Crippen LogP contribution in [0.2, 0.25) is 0 Å². The number of nitrogens with one attached hydrogen (secondary N) is 2. The molecule has 15 nitrogen and oxygen atoms in total. The van der Waals surface area contributed by atoms with Crippen LogP contribution in [0.15, 0.2) is 29.7 Å². The van der Waals surface area contributed by atoms with Crippen molar-refractivity contribution < 1.29 is 38.5 Å². The smallest absolute Gasteiger partial charge is 0.408 e. The minimum Gasteiger partial charge on any atom is -0.479 e. The Balaban J connectivity index is 1.18. The van der Waals surface area contributed by atoms with Crippen LogP contribution in [0.25, 0.3) is 21.7 Å². The predicted octanol–water partition coefficient (Wildman–Crippen LogP) is 3.11. The lowest BCUT2D eigenvalue weighted by molar-refractivity contribution is -0.145. The first-order chi connectivity index (χ1) is 24.1. The zero-order valence-electron chi connectivity index (χ0n) is 28.0. The van der Waals surface area contributed by atoms with E-state index in [9.17, 15) is 24.3 Å². The summed E-state index contributed by atoms with van der Waals surface area (Å²) >= 11 is 1.41. The van der Waals surface area contributed by atoms with Gasteiger partial charge in [0, 0.05) is 25.8 Å². The molecule has 0 bridgehead atoms. The molecule has 7 rings (SSSR count). The van der Waals surface area contributed by atoms with Crippen molar-refractivity contribution in [2.24, 2.45) is 13.0 Å². The minimum absolute atomic E-state index is 0.0149.